The van der Waals surface area contributed by atoms with Crippen LogP contribution < -0.4 is 11.3 Å². The van der Waals surface area contributed by atoms with E-state index in [4.69, 9.17) is 5.84 Å². The number of hydrogen-bond donors (Lipinski definition) is 2. The smallest absolute Gasteiger partial charge is 0.0490 e. The van der Waals surface area contributed by atoms with Crippen molar-refractivity contribution >= 4 is 0 Å². The van der Waals surface area contributed by atoms with Gasteiger partial charge in [0.05, 0.1) is 0 Å². The van der Waals surface area contributed by atoms with Crippen molar-refractivity contribution in [3.63, 3.8) is 0 Å². The van der Waals surface area contributed by atoms with E-state index in [-0.39, 0.29) is 11.5 Å². The molecule has 2 nitrogen and oxygen atoms in total. The summed E-state index contributed by atoms with van der Waals surface area (Å²) in [5.41, 5.74) is 5.92. The summed E-state index contributed by atoms with van der Waals surface area (Å²) in [7, 11) is 0. The van der Waals surface area contributed by atoms with E-state index in [0.29, 0.717) is 5.92 Å². The van der Waals surface area contributed by atoms with Crippen LogP contribution in [0.2, 0.25) is 0 Å². The van der Waals surface area contributed by atoms with Gasteiger partial charge in [0.15, 0.2) is 0 Å². The third-order valence-electron chi connectivity index (χ3n) is 3.80. The first-order valence-electron chi connectivity index (χ1n) is 7.01. The Balaban J connectivity index is 3.21. The van der Waals surface area contributed by atoms with Gasteiger partial charge in [-0.05, 0) is 22.5 Å². The highest BCUT2D eigenvalue weighted by Crippen LogP contribution is 2.34. The van der Waals surface area contributed by atoms with E-state index in [2.05, 4.69) is 64.3 Å². The van der Waals surface area contributed by atoms with Crippen molar-refractivity contribution in [2.24, 2.45) is 11.8 Å². The first-order valence-corrected chi connectivity index (χ1v) is 7.01. The van der Waals surface area contributed by atoms with Gasteiger partial charge in [0.2, 0.25) is 0 Å². The lowest BCUT2D eigenvalue weighted by molar-refractivity contribution is 0.340. The van der Waals surface area contributed by atoms with Crippen molar-refractivity contribution in [2.45, 2.75) is 58.9 Å². The Morgan fingerprint density at radius 3 is 2.11 bits per heavy atom. The number of nitrogens with two attached hydrogens (primary N) is 1. The van der Waals surface area contributed by atoms with E-state index in [1.165, 1.54) is 11.1 Å². The van der Waals surface area contributed by atoms with Gasteiger partial charge in [0.25, 0.3) is 0 Å². The Hall–Kier alpha value is -0.860. The second-order valence-corrected chi connectivity index (χ2v) is 6.06. The highest BCUT2D eigenvalue weighted by Gasteiger charge is 2.25. The molecule has 0 fully saturated rings. The summed E-state index contributed by atoms with van der Waals surface area (Å²) in [6, 6.07) is 8.91. The molecule has 1 atom stereocenters. The largest absolute Gasteiger partial charge is 0.271 e. The summed E-state index contributed by atoms with van der Waals surface area (Å²) in [6.45, 7) is 11.2. The molecule has 0 heterocycles. The lowest BCUT2D eigenvalue weighted by atomic mass is 9.78. The molecule has 0 saturated heterocycles. The Morgan fingerprint density at radius 2 is 1.67 bits per heavy atom. The Kier molecular flexibility index (Phi) is 5.36. The molecule has 3 N–H and O–H groups in total. The Bertz CT molecular complexity index is 362. The van der Waals surface area contributed by atoms with Gasteiger partial charge in [-0.25, -0.2) is 0 Å². The van der Waals surface area contributed by atoms with Crippen molar-refractivity contribution < 1.29 is 0 Å². The summed E-state index contributed by atoms with van der Waals surface area (Å²) < 4.78 is 0. The number of hydrazine groups is 1. The predicted octanol–water partition coefficient (Wildman–Crippen LogP) is 3.92. The van der Waals surface area contributed by atoms with E-state index in [1.54, 1.807) is 0 Å². The van der Waals surface area contributed by atoms with Crippen LogP contribution in [-0.2, 0) is 5.41 Å². The average molecular weight is 248 g/mol. The maximum atomic E-state index is 5.82. The van der Waals surface area contributed by atoms with Crippen LogP contribution >= 0.6 is 0 Å². The molecule has 0 aliphatic rings. The standard InChI is InChI=1S/C16H28N2/c1-6-12(7-2)15(18-17)13-10-8-9-11-14(13)16(3,4)5/h8-12,15,18H,6-7,17H2,1-5H3. The van der Waals surface area contributed by atoms with Crippen molar-refractivity contribution in [1.82, 2.24) is 5.43 Å². The molecule has 2 heteroatoms. The Labute approximate surface area is 112 Å². The second-order valence-electron chi connectivity index (χ2n) is 6.06. The molecule has 0 bridgehead atoms. The quantitative estimate of drug-likeness (QED) is 0.612. The monoisotopic (exact) mass is 248 g/mol. The van der Waals surface area contributed by atoms with Gasteiger partial charge in [-0.2, -0.15) is 0 Å². The van der Waals surface area contributed by atoms with Crippen molar-refractivity contribution in [3.05, 3.63) is 35.4 Å². The zero-order chi connectivity index (χ0) is 13.8. The third kappa shape index (κ3) is 3.33. The molecular formula is C16H28N2. The highest BCUT2D eigenvalue weighted by molar-refractivity contribution is 5.35. The van der Waals surface area contributed by atoms with Gasteiger partial charge in [0.1, 0.15) is 0 Å². The first-order chi connectivity index (χ1) is 8.45. The molecule has 1 unspecified atom stereocenters. The molecule has 1 rings (SSSR count). The topological polar surface area (TPSA) is 38.0 Å². The molecule has 1 aromatic rings. The van der Waals surface area contributed by atoms with Crippen LogP contribution in [0.4, 0.5) is 0 Å². The molecule has 1 aromatic carbocycles. The molecule has 0 saturated carbocycles. The van der Waals surface area contributed by atoms with Gasteiger partial charge in [-0.15, -0.1) is 0 Å². The van der Waals surface area contributed by atoms with Crippen molar-refractivity contribution in [2.75, 3.05) is 0 Å². The van der Waals surface area contributed by atoms with Crippen LogP contribution in [-0.4, -0.2) is 0 Å². The molecule has 0 aromatic heterocycles. The van der Waals surface area contributed by atoms with Gasteiger partial charge >= 0.3 is 0 Å². The summed E-state index contributed by atoms with van der Waals surface area (Å²) in [6.07, 6.45) is 2.29. The summed E-state index contributed by atoms with van der Waals surface area (Å²) in [5, 5.41) is 0. The lowest BCUT2D eigenvalue weighted by Crippen LogP contribution is -2.35. The van der Waals surface area contributed by atoms with Gasteiger partial charge in [-0.3, -0.25) is 11.3 Å². The van der Waals surface area contributed by atoms with E-state index < -0.39 is 0 Å². The summed E-state index contributed by atoms with van der Waals surface area (Å²) >= 11 is 0. The molecule has 0 aliphatic heterocycles. The van der Waals surface area contributed by atoms with Crippen LogP contribution in [0.1, 0.15) is 64.6 Å². The van der Waals surface area contributed by atoms with Crippen LogP contribution in [0, 0.1) is 5.92 Å². The van der Waals surface area contributed by atoms with Crippen LogP contribution in [0.3, 0.4) is 0 Å². The zero-order valence-electron chi connectivity index (χ0n) is 12.5. The molecule has 0 spiro atoms. The fourth-order valence-corrected chi connectivity index (χ4v) is 2.69. The molecule has 0 radical (unpaired) electrons. The highest BCUT2D eigenvalue weighted by atomic mass is 15.2. The number of benzene rings is 1. The summed E-state index contributed by atoms with van der Waals surface area (Å²) in [4.78, 5) is 0. The van der Waals surface area contributed by atoms with E-state index in [9.17, 15) is 0 Å². The van der Waals surface area contributed by atoms with Crippen LogP contribution in [0.15, 0.2) is 24.3 Å². The zero-order valence-corrected chi connectivity index (χ0v) is 12.5. The van der Waals surface area contributed by atoms with Crippen LogP contribution in [0.25, 0.3) is 0 Å². The average Bonchev–Trinajstić information content (AvgIpc) is 2.34. The minimum Gasteiger partial charge on any atom is -0.271 e. The minimum atomic E-state index is 0.151. The maximum absolute atomic E-state index is 5.82. The molecule has 18 heavy (non-hydrogen) atoms. The van der Waals surface area contributed by atoms with Gasteiger partial charge in [-0.1, -0.05) is 71.7 Å². The van der Waals surface area contributed by atoms with Gasteiger partial charge in [0, 0.05) is 6.04 Å². The number of hydrogen-bond acceptors (Lipinski definition) is 2. The minimum absolute atomic E-state index is 0.151. The predicted molar refractivity (Wildman–Crippen MR) is 79.3 cm³/mol. The number of nitrogens with one attached hydrogen (secondary N) is 1. The van der Waals surface area contributed by atoms with Gasteiger partial charge < -0.3 is 0 Å². The third-order valence-corrected chi connectivity index (χ3v) is 3.80. The SMILES string of the molecule is CCC(CC)C(NN)c1ccccc1C(C)(C)C. The van der Waals surface area contributed by atoms with E-state index >= 15 is 0 Å². The second kappa shape index (κ2) is 6.35. The fourth-order valence-electron chi connectivity index (χ4n) is 2.69. The molecule has 102 valence electrons. The molecule has 0 aliphatic carbocycles. The molecule has 0 amide bonds. The number of rotatable bonds is 5. The first kappa shape index (κ1) is 15.2. The Morgan fingerprint density at radius 1 is 1.11 bits per heavy atom. The lowest BCUT2D eigenvalue weighted by Gasteiger charge is -2.31. The normalized spacial score (nSPS) is 13.9. The fraction of sp³-hybridized carbons (Fsp3) is 0.625. The van der Waals surface area contributed by atoms with Crippen molar-refractivity contribution in [1.29, 1.82) is 0 Å². The molecular weight excluding hydrogens is 220 g/mol. The van der Waals surface area contributed by atoms with E-state index in [0.717, 1.165) is 12.8 Å². The van der Waals surface area contributed by atoms with Crippen molar-refractivity contribution in [3.8, 4) is 0 Å². The van der Waals surface area contributed by atoms with E-state index in [1.807, 2.05) is 0 Å². The summed E-state index contributed by atoms with van der Waals surface area (Å²) in [5.74, 6) is 6.40. The maximum Gasteiger partial charge on any atom is 0.0490 e. The van der Waals surface area contributed by atoms with Crippen LogP contribution in [0.5, 0.6) is 0 Å².